The van der Waals surface area contributed by atoms with E-state index in [1.54, 1.807) is 0 Å². The van der Waals surface area contributed by atoms with Gasteiger partial charge in [0.25, 0.3) is 0 Å². The van der Waals surface area contributed by atoms with Crippen LogP contribution in [0.4, 0.5) is 0 Å². The van der Waals surface area contributed by atoms with Gasteiger partial charge in [0.05, 0.1) is 11.0 Å². The van der Waals surface area contributed by atoms with Crippen LogP contribution >= 0.6 is 0 Å². The van der Waals surface area contributed by atoms with Crippen molar-refractivity contribution in [3.63, 3.8) is 0 Å². The van der Waals surface area contributed by atoms with Gasteiger partial charge in [0, 0.05) is 19.0 Å². The molecule has 1 heterocycles. The lowest BCUT2D eigenvalue weighted by Crippen LogP contribution is -2.32. The number of nitrogens with zero attached hydrogens (tertiary/aromatic N) is 2. The summed E-state index contributed by atoms with van der Waals surface area (Å²) in [6.07, 6.45) is 5.00. The van der Waals surface area contributed by atoms with Gasteiger partial charge in [-0.2, -0.15) is 0 Å². The Labute approximate surface area is 108 Å². The lowest BCUT2D eigenvalue weighted by Gasteiger charge is -2.28. The van der Waals surface area contributed by atoms with Crippen LogP contribution in [0.3, 0.4) is 0 Å². The average Bonchev–Trinajstić information content (AvgIpc) is 2.97. The summed E-state index contributed by atoms with van der Waals surface area (Å²) in [6, 6.07) is 6.53. The Hall–Kier alpha value is -1.35. The van der Waals surface area contributed by atoms with Gasteiger partial charge in [-0.3, -0.25) is 0 Å². The summed E-state index contributed by atoms with van der Waals surface area (Å²) in [5.74, 6) is 1.07. The Bertz CT molecular complexity index is 577. The molecule has 2 N–H and O–H groups in total. The van der Waals surface area contributed by atoms with Crippen molar-refractivity contribution < 1.29 is 0 Å². The van der Waals surface area contributed by atoms with Crippen molar-refractivity contribution in [2.75, 3.05) is 6.54 Å². The summed E-state index contributed by atoms with van der Waals surface area (Å²) in [5.41, 5.74) is 10.0. The number of hydrogen-bond acceptors (Lipinski definition) is 2. The summed E-state index contributed by atoms with van der Waals surface area (Å²) < 4.78 is 2.16. The fraction of sp³-hybridized carbons (Fsp3) is 0.533. The molecule has 1 fully saturated rings. The minimum absolute atomic E-state index is 0.167. The SMILES string of the molecule is Cc1nc2c(C3(CN)CCCC3)cccc2n1C. The number of nitrogens with two attached hydrogens (primary N) is 1. The van der Waals surface area contributed by atoms with E-state index in [1.165, 1.54) is 36.8 Å². The number of para-hydroxylation sites is 1. The zero-order valence-corrected chi connectivity index (χ0v) is 11.2. The molecule has 0 saturated heterocycles. The van der Waals surface area contributed by atoms with Crippen LogP contribution in [0.2, 0.25) is 0 Å². The van der Waals surface area contributed by atoms with E-state index in [4.69, 9.17) is 10.7 Å². The number of imidazole rings is 1. The predicted octanol–water partition coefficient (Wildman–Crippen LogP) is 2.65. The Morgan fingerprint density at radius 3 is 2.72 bits per heavy atom. The Morgan fingerprint density at radius 1 is 1.33 bits per heavy atom. The molecule has 0 aliphatic heterocycles. The van der Waals surface area contributed by atoms with Gasteiger partial charge >= 0.3 is 0 Å². The van der Waals surface area contributed by atoms with E-state index in [0.29, 0.717) is 0 Å². The summed E-state index contributed by atoms with van der Waals surface area (Å²) in [4.78, 5) is 4.76. The second-order valence-electron chi connectivity index (χ2n) is 5.58. The van der Waals surface area contributed by atoms with Gasteiger partial charge in [0.1, 0.15) is 5.82 Å². The number of rotatable bonds is 2. The van der Waals surface area contributed by atoms with Crippen molar-refractivity contribution in [1.82, 2.24) is 9.55 Å². The first kappa shape index (κ1) is 11.7. The molecular weight excluding hydrogens is 222 g/mol. The maximum atomic E-state index is 6.10. The molecule has 3 nitrogen and oxygen atoms in total. The fourth-order valence-electron chi connectivity index (χ4n) is 3.39. The van der Waals surface area contributed by atoms with Crippen molar-refractivity contribution in [3.05, 3.63) is 29.6 Å². The van der Waals surface area contributed by atoms with Gasteiger partial charge in [0.2, 0.25) is 0 Å². The smallest absolute Gasteiger partial charge is 0.106 e. The Kier molecular flexibility index (Phi) is 2.67. The molecule has 1 aliphatic rings. The molecule has 3 rings (SSSR count). The monoisotopic (exact) mass is 243 g/mol. The third-order valence-corrected chi connectivity index (χ3v) is 4.66. The lowest BCUT2D eigenvalue weighted by molar-refractivity contribution is 0.456. The standard InChI is InChI=1S/C15H21N3/c1-11-17-14-12(6-5-7-13(14)18(11)2)15(10-16)8-3-4-9-15/h5-7H,3-4,8-10,16H2,1-2H3. The van der Waals surface area contributed by atoms with E-state index in [9.17, 15) is 0 Å². The van der Waals surface area contributed by atoms with Crippen molar-refractivity contribution in [1.29, 1.82) is 0 Å². The topological polar surface area (TPSA) is 43.8 Å². The van der Waals surface area contributed by atoms with E-state index in [0.717, 1.165) is 17.9 Å². The minimum Gasteiger partial charge on any atom is -0.331 e. The number of aromatic nitrogens is 2. The average molecular weight is 243 g/mol. The molecule has 0 radical (unpaired) electrons. The molecule has 1 saturated carbocycles. The quantitative estimate of drug-likeness (QED) is 0.881. The van der Waals surface area contributed by atoms with Gasteiger partial charge in [-0.05, 0) is 31.4 Å². The molecule has 0 atom stereocenters. The zero-order valence-electron chi connectivity index (χ0n) is 11.2. The second kappa shape index (κ2) is 4.09. The third-order valence-electron chi connectivity index (χ3n) is 4.66. The summed E-state index contributed by atoms with van der Waals surface area (Å²) >= 11 is 0. The van der Waals surface area contributed by atoms with Crippen LogP contribution in [-0.2, 0) is 12.5 Å². The molecule has 3 heteroatoms. The largest absolute Gasteiger partial charge is 0.331 e. The third kappa shape index (κ3) is 1.50. The maximum Gasteiger partial charge on any atom is 0.106 e. The molecule has 1 aromatic heterocycles. The molecule has 96 valence electrons. The van der Waals surface area contributed by atoms with Crippen LogP contribution in [0.1, 0.15) is 37.1 Å². The van der Waals surface area contributed by atoms with Gasteiger partial charge in [-0.15, -0.1) is 0 Å². The normalized spacial score (nSPS) is 18.6. The highest BCUT2D eigenvalue weighted by Gasteiger charge is 2.36. The van der Waals surface area contributed by atoms with Crippen LogP contribution in [0, 0.1) is 6.92 Å². The summed E-state index contributed by atoms with van der Waals surface area (Å²) in [5, 5.41) is 0. The van der Waals surface area contributed by atoms with E-state index < -0.39 is 0 Å². The van der Waals surface area contributed by atoms with Gasteiger partial charge in [-0.1, -0.05) is 25.0 Å². The van der Waals surface area contributed by atoms with E-state index in [1.807, 2.05) is 0 Å². The molecule has 18 heavy (non-hydrogen) atoms. The highest BCUT2D eigenvalue weighted by Crippen LogP contribution is 2.42. The minimum atomic E-state index is 0.167. The molecule has 0 unspecified atom stereocenters. The van der Waals surface area contributed by atoms with Crippen molar-refractivity contribution in [2.24, 2.45) is 12.8 Å². The number of hydrogen-bond donors (Lipinski definition) is 1. The first-order valence-corrected chi connectivity index (χ1v) is 6.80. The van der Waals surface area contributed by atoms with Crippen LogP contribution < -0.4 is 5.73 Å². The lowest BCUT2D eigenvalue weighted by atomic mass is 9.78. The van der Waals surface area contributed by atoms with Gasteiger partial charge in [-0.25, -0.2) is 4.98 Å². The molecule has 0 bridgehead atoms. The molecule has 2 aromatic rings. The molecule has 1 aliphatic carbocycles. The van der Waals surface area contributed by atoms with Gasteiger partial charge < -0.3 is 10.3 Å². The van der Waals surface area contributed by atoms with Crippen molar-refractivity contribution >= 4 is 11.0 Å². The molecule has 0 amide bonds. The van der Waals surface area contributed by atoms with E-state index >= 15 is 0 Å². The highest BCUT2D eigenvalue weighted by atomic mass is 15.1. The van der Waals surface area contributed by atoms with Crippen LogP contribution in [-0.4, -0.2) is 16.1 Å². The maximum absolute atomic E-state index is 6.10. The number of aryl methyl sites for hydroxylation is 2. The Balaban J connectivity index is 2.26. The van der Waals surface area contributed by atoms with Crippen molar-refractivity contribution in [2.45, 2.75) is 38.0 Å². The molecule has 1 aromatic carbocycles. The predicted molar refractivity (Wildman–Crippen MR) is 74.7 cm³/mol. The van der Waals surface area contributed by atoms with Gasteiger partial charge in [0.15, 0.2) is 0 Å². The fourth-order valence-corrected chi connectivity index (χ4v) is 3.39. The van der Waals surface area contributed by atoms with Crippen LogP contribution in [0.25, 0.3) is 11.0 Å². The first-order valence-electron chi connectivity index (χ1n) is 6.80. The van der Waals surface area contributed by atoms with E-state index in [-0.39, 0.29) is 5.41 Å². The number of benzene rings is 1. The second-order valence-corrected chi connectivity index (χ2v) is 5.58. The summed E-state index contributed by atoms with van der Waals surface area (Å²) in [7, 11) is 2.08. The van der Waals surface area contributed by atoms with E-state index in [2.05, 4.69) is 36.7 Å². The molecular formula is C15H21N3. The Morgan fingerprint density at radius 2 is 2.06 bits per heavy atom. The number of fused-ring (bicyclic) bond motifs is 1. The highest BCUT2D eigenvalue weighted by molar-refractivity contribution is 5.81. The summed E-state index contributed by atoms with van der Waals surface area (Å²) in [6.45, 7) is 2.80. The molecule has 0 spiro atoms. The van der Waals surface area contributed by atoms with Crippen LogP contribution in [0.15, 0.2) is 18.2 Å². The zero-order chi connectivity index (χ0) is 12.8. The van der Waals surface area contributed by atoms with Crippen LogP contribution in [0.5, 0.6) is 0 Å². The van der Waals surface area contributed by atoms with Crippen molar-refractivity contribution in [3.8, 4) is 0 Å². The first-order chi connectivity index (χ1) is 8.68.